The lowest BCUT2D eigenvalue weighted by atomic mass is 10.00. The molecule has 1 aliphatic rings. The Morgan fingerprint density at radius 2 is 1.81 bits per heavy atom. The van der Waals surface area contributed by atoms with E-state index in [-0.39, 0.29) is 48.4 Å². The highest BCUT2D eigenvalue weighted by atomic mass is 35.5. The van der Waals surface area contributed by atoms with Crippen LogP contribution in [0.3, 0.4) is 0 Å². The topological polar surface area (TPSA) is 55.8 Å². The van der Waals surface area contributed by atoms with Crippen LogP contribution in [-0.4, -0.2) is 35.9 Å². The van der Waals surface area contributed by atoms with Gasteiger partial charge in [-0.2, -0.15) is 0 Å². The Labute approximate surface area is 167 Å². The van der Waals surface area contributed by atoms with Gasteiger partial charge in [0.05, 0.1) is 11.8 Å². The zero-order valence-electron chi connectivity index (χ0n) is 14.0. The van der Waals surface area contributed by atoms with Crippen molar-refractivity contribution in [2.75, 3.05) is 25.0 Å². The second kappa shape index (κ2) is 10.5. The van der Waals surface area contributed by atoms with E-state index in [2.05, 4.69) is 0 Å². The van der Waals surface area contributed by atoms with Gasteiger partial charge in [0.25, 0.3) is 0 Å². The van der Waals surface area contributed by atoms with Crippen molar-refractivity contribution in [3.8, 4) is 17.2 Å². The van der Waals surface area contributed by atoms with E-state index < -0.39 is 0 Å². The zero-order valence-corrected chi connectivity index (χ0v) is 16.3. The van der Waals surface area contributed by atoms with Crippen molar-refractivity contribution in [3.63, 3.8) is 0 Å². The molecule has 0 amide bonds. The Bertz CT molecular complexity index is 739. The molecule has 0 radical (unpaired) electrons. The Balaban J connectivity index is 2.26. The van der Waals surface area contributed by atoms with Gasteiger partial charge in [-0.1, -0.05) is 29.8 Å². The van der Waals surface area contributed by atoms with Crippen LogP contribution in [0.15, 0.2) is 47.0 Å². The number of rotatable bonds is 9. The van der Waals surface area contributed by atoms with Crippen LogP contribution >= 0.6 is 34.8 Å². The molecular weight excluding hydrogens is 399 g/mol. The number of carbonyl (C=O) groups is 1. The molecular formula is C19H19Cl3O4. The number of phenols is 1. The first kappa shape index (κ1) is 20.7. The normalized spacial score (nSPS) is 13.7. The van der Waals surface area contributed by atoms with E-state index in [1.54, 1.807) is 18.2 Å². The summed E-state index contributed by atoms with van der Waals surface area (Å²) in [5, 5.41) is 11.0. The van der Waals surface area contributed by atoms with Crippen LogP contribution in [0.1, 0.15) is 23.2 Å². The van der Waals surface area contributed by atoms with E-state index in [0.717, 1.165) is 5.57 Å². The van der Waals surface area contributed by atoms with E-state index in [9.17, 15) is 9.90 Å². The largest absolute Gasteiger partial charge is 0.507 e. The molecule has 0 aromatic heterocycles. The number of phenolic OH excluding ortho intramolecular Hbond substituents is 1. The highest BCUT2D eigenvalue weighted by Gasteiger charge is 2.20. The third-order valence-corrected chi connectivity index (χ3v) is 4.12. The van der Waals surface area contributed by atoms with Crippen LogP contribution < -0.4 is 9.47 Å². The number of aromatic hydroxyl groups is 1. The summed E-state index contributed by atoms with van der Waals surface area (Å²) in [5.74, 6) is 0.671. The molecule has 2 rings (SSSR count). The predicted octanol–water partition coefficient (Wildman–Crippen LogP) is 5.21. The summed E-state index contributed by atoms with van der Waals surface area (Å²) in [7, 11) is 0. The minimum atomic E-state index is -0.273. The lowest BCUT2D eigenvalue weighted by molar-refractivity contribution is 0.0987. The number of allylic oxidation sites excluding steroid dienone is 6. The average molecular weight is 418 g/mol. The lowest BCUT2D eigenvalue weighted by Gasteiger charge is -2.14. The van der Waals surface area contributed by atoms with Crippen LogP contribution in [0.25, 0.3) is 0 Å². The highest BCUT2D eigenvalue weighted by Crippen LogP contribution is 2.35. The molecule has 0 bridgehead atoms. The van der Waals surface area contributed by atoms with Crippen molar-refractivity contribution in [3.05, 3.63) is 52.6 Å². The zero-order chi connectivity index (χ0) is 18.9. The number of alkyl halides is 2. The summed E-state index contributed by atoms with van der Waals surface area (Å²) in [6, 6.07) is 2.94. The van der Waals surface area contributed by atoms with Gasteiger partial charge in [-0.3, -0.25) is 4.79 Å². The molecule has 0 aliphatic heterocycles. The number of Topliss-reactive ketones (excluding diaryl/α,β-unsaturated/α-hetero) is 1. The Hall–Kier alpha value is -1.62. The average Bonchev–Trinajstić information content (AvgIpc) is 2.82. The summed E-state index contributed by atoms with van der Waals surface area (Å²) in [6.45, 7) is 0.469. The molecule has 0 saturated heterocycles. The van der Waals surface area contributed by atoms with Crippen LogP contribution in [0, 0.1) is 0 Å². The number of carbonyl (C=O) groups excluding carboxylic acids is 1. The minimum absolute atomic E-state index is 0.103. The fraction of sp³-hybridized carbons (Fsp3) is 0.316. The van der Waals surface area contributed by atoms with Gasteiger partial charge < -0.3 is 14.6 Å². The van der Waals surface area contributed by atoms with Crippen molar-refractivity contribution in [2.24, 2.45) is 0 Å². The Morgan fingerprint density at radius 1 is 1.08 bits per heavy atom. The quantitative estimate of drug-likeness (QED) is 0.443. The lowest BCUT2D eigenvalue weighted by Crippen LogP contribution is -2.08. The molecule has 0 atom stereocenters. The Kier molecular flexibility index (Phi) is 8.36. The van der Waals surface area contributed by atoms with Crippen LogP contribution in [0.5, 0.6) is 17.2 Å². The van der Waals surface area contributed by atoms with Crippen molar-refractivity contribution < 1.29 is 19.4 Å². The predicted molar refractivity (Wildman–Crippen MR) is 105 cm³/mol. The maximum atomic E-state index is 12.8. The minimum Gasteiger partial charge on any atom is -0.507 e. The fourth-order valence-corrected chi connectivity index (χ4v) is 2.72. The maximum Gasteiger partial charge on any atom is 0.174 e. The molecule has 0 saturated carbocycles. The summed E-state index contributed by atoms with van der Waals surface area (Å²) < 4.78 is 11.0. The van der Waals surface area contributed by atoms with E-state index >= 15 is 0 Å². The van der Waals surface area contributed by atoms with Gasteiger partial charge in [-0.05, 0) is 18.1 Å². The molecule has 0 spiro atoms. The number of ketones is 1. The van der Waals surface area contributed by atoms with Gasteiger partial charge in [-0.25, -0.2) is 0 Å². The van der Waals surface area contributed by atoms with Gasteiger partial charge in [0.15, 0.2) is 5.78 Å². The van der Waals surface area contributed by atoms with Crippen molar-refractivity contribution >= 4 is 40.6 Å². The molecule has 140 valence electrons. The summed E-state index contributed by atoms with van der Waals surface area (Å²) in [6.07, 6.45) is 8.05. The molecule has 4 nitrogen and oxygen atoms in total. The van der Waals surface area contributed by atoms with Gasteiger partial charge in [0.1, 0.15) is 36.0 Å². The number of hydrogen-bond acceptors (Lipinski definition) is 4. The van der Waals surface area contributed by atoms with E-state index in [0.29, 0.717) is 23.1 Å². The van der Waals surface area contributed by atoms with Crippen molar-refractivity contribution in [1.82, 2.24) is 0 Å². The first-order valence-corrected chi connectivity index (χ1v) is 9.50. The first-order chi connectivity index (χ1) is 12.5. The monoisotopic (exact) mass is 416 g/mol. The molecule has 1 aliphatic carbocycles. The highest BCUT2D eigenvalue weighted by molar-refractivity contribution is 6.31. The summed E-state index contributed by atoms with van der Waals surface area (Å²) >= 11 is 17.3. The molecule has 1 N–H and O–H groups in total. The van der Waals surface area contributed by atoms with E-state index in [4.69, 9.17) is 44.3 Å². The SMILES string of the molecule is O=C(CC1=CCC=C(Cl)C=C1)c1c(O)cc(OCCCl)cc1OCCCl. The molecule has 1 aromatic rings. The number of halogens is 3. The summed E-state index contributed by atoms with van der Waals surface area (Å²) in [5.41, 5.74) is 0.915. The Morgan fingerprint density at radius 3 is 2.54 bits per heavy atom. The summed E-state index contributed by atoms with van der Waals surface area (Å²) in [4.78, 5) is 12.8. The van der Waals surface area contributed by atoms with Crippen molar-refractivity contribution in [2.45, 2.75) is 12.8 Å². The van der Waals surface area contributed by atoms with Crippen molar-refractivity contribution in [1.29, 1.82) is 0 Å². The second-order valence-electron chi connectivity index (χ2n) is 5.43. The first-order valence-electron chi connectivity index (χ1n) is 8.05. The van der Waals surface area contributed by atoms with Gasteiger partial charge in [0.2, 0.25) is 0 Å². The number of ether oxygens (including phenoxy) is 2. The second-order valence-corrected chi connectivity index (χ2v) is 6.62. The fourth-order valence-electron chi connectivity index (χ4n) is 2.41. The van der Waals surface area contributed by atoms with E-state index in [1.807, 2.05) is 12.2 Å². The molecule has 7 heteroatoms. The molecule has 26 heavy (non-hydrogen) atoms. The third kappa shape index (κ3) is 5.97. The third-order valence-electron chi connectivity index (χ3n) is 3.53. The molecule has 1 aromatic carbocycles. The van der Waals surface area contributed by atoms with Gasteiger partial charge in [0, 0.05) is 23.6 Å². The molecule has 0 fully saturated rings. The van der Waals surface area contributed by atoms with Crippen LogP contribution in [-0.2, 0) is 0 Å². The standard InChI is InChI=1S/C19H19Cl3O4/c20-6-8-25-15-11-17(24)19(18(12-15)26-9-7-21)16(23)10-13-2-1-3-14(22)5-4-13/h2-5,11-12,24H,1,6-10H2. The number of hydrogen-bond donors (Lipinski definition) is 1. The molecule has 0 heterocycles. The number of benzene rings is 1. The van der Waals surface area contributed by atoms with E-state index in [1.165, 1.54) is 6.07 Å². The van der Waals surface area contributed by atoms with Crippen LogP contribution in [0.4, 0.5) is 0 Å². The van der Waals surface area contributed by atoms with Crippen LogP contribution in [0.2, 0.25) is 0 Å². The smallest absolute Gasteiger partial charge is 0.174 e. The van der Waals surface area contributed by atoms with Gasteiger partial charge >= 0.3 is 0 Å². The maximum absolute atomic E-state index is 12.8. The van der Waals surface area contributed by atoms with Gasteiger partial charge in [-0.15, -0.1) is 23.2 Å². The molecule has 0 unspecified atom stereocenters.